The molecule has 1 amide bonds. The van der Waals surface area contributed by atoms with Crippen molar-refractivity contribution in [3.8, 4) is 0 Å². The number of nitrogens with two attached hydrogens (primary N) is 1. The molecular weight excluding hydrogens is 284 g/mol. The van der Waals surface area contributed by atoms with Crippen molar-refractivity contribution in [1.29, 1.82) is 0 Å². The predicted molar refractivity (Wildman–Crippen MR) is 96.1 cm³/mol. The van der Waals surface area contributed by atoms with Crippen LogP contribution in [0.15, 0.2) is 24.3 Å². The molecule has 1 aromatic rings. The maximum Gasteiger partial charge on any atom is 0.220 e. The van der Waals surface area contributed by atoms with Crippen LogP contribution in [0.5, 0.6) is 0 Å². The van der Waals surface area contributed by atoms with Crippen LogP contribution in [0.1, 0.15) is 58.1 Å². The number of likely N-dealkylation sites (tertiary alicyclic amines) is 1. The molecule has 0 saturated carbocycles. The molecule has 128 valence electrons. The van der Waals surface area contributed by atoms with E-state index in [1.54, 1.807) is 0 Å². The van der Waals surface area contributed by atoms with Gasteiger partial charge in [-0.3, -0.25) is 9.69 Å². The Labute approximate surface area is 141 Å². The third-order valence-electron chi connectivity index (χ3n) is 5.11. The molecule has 1 fully saturated rings. The lowest BCUT2D eigenvalue weighted by Crippen LogP contribution is -2.34. The molecule has 2 rings (SSSR count). The van der Waals surface area contributed by atoms with E-state index in [2.05, 4.69) is 49.9 Å². The zero-order valence-corrected chi connectivity index (χ0v) is 15.1. The number of amides is 1. The molecule has 0 spiro atoms. The molecule has 2 N–H and O–H groups in total. The normalized spacial score (nSPS) is 18.8. The monoisotopic (exact) mass is 316 g/mol. The molecule has 3 nitrogen and oxygen atoms in total. The summed E-state index contributed by atoms with van der Waals surface area (Å²) in [6, 6.07) is 9.05. The number of rotatable bonds is 5. The summed E-state index contributed by atoms with van der Waals surface area (Å²) in [7, 11) is 0. The highest BCUT2D eigenvalue weighted by atomic mass is 16.1. The van der Waals surface area contributed by atoms with E-state index < -0.39 is 0 Å². The average molecular weight is 316 g/mol. The molecule has 1 aliphatic heterocycles. The quantitative estimate of drug-likeness (QED) is 0.900. The average Bonchev–Trinajstić information content (AvgIpc) is 2.49. The van der Waals surface area contributed by atoms with Gasteiger partial charge >= 0.3 is 0 Å². The Hall–Kier alpha value is -1.35. The number of carbonyl (C=O) groups excluding carboxylic acids is 1. The van der Waals surface area contributed by atoms with Gasteiger partial charge in [0, 0.05) is 12.5 Å². The molecule has 0 bridgehead atoms. The Balaban J connectivity index is 1.81. The van der Waals surface area contributed by atoms with Gasteiger partial charge in [-0.25, -0.2) is 0 Å². The number of piperidine rings is 1. The zero-order chi connectivity index (χ0) is 17.0. The summed E-state index contributed by atoms with van der Waals surface area (Å²) in [5.74, 6) is 0.500. The van der Waals surface area contributed by atoms with E-state index in [0.29, 0.717) is 5.92 Å². The number of hydrogen-bond acceptors (Lipinski definition) is 2. The number of hydrogen-bond donors (Lipinski definition) is 1. The van der Waals surface area contributed by atoms with Gasteiger partial charge in [-0.15, -0.1) is 0 Å². The highest BCUT2D eigenvalue weighted by Gasteiger charge is 2.22. The summed E-state index contributed by atoms with van der Waals surface area (Å²) in [5, 5.41) is 0. The van der Waals surface area contributed by atoms with Crippen molar-refractivity contribution in [3.05, 3.63) is 35.4 Å². The van der Waals surface area contributed by atoms with Crippen LogP contribution in [0.3, 0.4) is 0 Å². The zero-order valence-electron chi connectivity index (χ0n) is 15.1. The van der Waals surface area contributed by atoms with E-state index in [9.17, 15) is 4.79 Å². The number of nitrogens with zero attached hydrogens (tertiary/aromatic N) is 1. The SMILES string of the molecule is CC(CC1CCN(Cc2ccc(C(C)(C)C)cc2)CC1)C(N)=O. The molecule has 0 aromatic heterocycles. The van der Waals surface area contributed by atoms with Crippen LogP contribution < -0.4 is 5.73 Å². The number of carbonyl (C=O) groups is 1. The molecule has 3 heteroatoms. The second-order valence-corrected chi connectivity index (χ2v) is 8.21. The molecule has 0 radical (unpaired) electrons. The van der Waals surface area contributed by atoms with Gasteiger partial charge in [0.25, 0.3) is 0 Å². The van der Waals surface area contributed by atoms with Gasteiger partial charge in [0.05, 0.1) is 0 Å². The van der Waals surface area contributed by atoms with Crippen LogP contribution >= 0.6 is 0 Å². The van der Waals surface area contributed by atoms with Gasteiger partial charge in [0.1, 0.15) is 0 Å². The van der Waals surface area contributed by atoms with Gasteiger partial charge in [0.2, 0.25) is 5.91 Å². The van der Waals surface area contributed by atoms with Crippen molar-refractivity contribution < 1.29 is 4.79 Å². The smallest absolute Gasteiger partial charge is 0.220 e. The maximum absolute atomic E-state index is 11.2. The summed E-state index contributed by atoms with van der Waals surface area (Å²) < 4.78 is 0. The minimum atomic E-state index is -0.161. The lowest BCUT2D eigenvalue weighted by molar-refractivity contribution is -0.121. The summed E-state index contributed by atoms with van der Waals surface area (Å²) >= 11 is 0. The van der Waals surface area contributed by atoms with Gasteiger partial charge in [0.15, 0.2) is 0 Å². The molecule has 1 unspecified atom stereocenters. The van der Waals surface area contributed by atoms with Crippen molar-refractivity contribution in [2.75, 3.05) is 13.1 Å². The first-order chi connectivity index (χ1) is 10.8. The fraction of sp³-hybridized carbons (Fsp3) is 0.650. The maximum atomic E-state index is 11.2. The molecule has 1 saturated heterocycles. The van der Waals surface area contributed by atoms with Gasteiger partial charge in [-0.05, 0) is 54.8 Å². The van der Waals surface area contributed by atoms with Crippen molar-refractivity contribution in [3.63, 3.8) is 0 Å². The minimum absolute atomic E-state index is 0.0106. The van der Waals surface area contributed by atoms with Crippen LogP contribution in [0.2, 0.25) is 0 Å². The first-order valence-electron chi connectivity index (χ1n) is 8.87. The molecule has 1 atom stereocenters. The van der Waals surface area contributed by atoms with Crippen molar-refractivity contribution in [1.82, 2.24) is 4.90 Å². The van der Waals surface area contributed by atoms with E-state index in [-0.39, 0.29) is 17.2 Å². The summed E-state index contributed by atoms with van der Waals surface area (Å²) in [6.45, 7) is 12.0. The first kappa shape index (κ1) is 18.0. The highest BCUT2D eigenvalue weighted by molar-refractivity contribution is 5.76. The van der Waals surface area contributed by atoms with Crippen molar-refractivity contribution in [2.24, 2.45) is 17.6 Å². The van der Waals surface area contributed by atoms with Crippen LogP contribution in [-0.2, 0) is 16.8 Å². The van der Waals surface area contributed by atoms with Crippen LogP contribution in [0.4, 0.5) is 0 Å². The Morgan fingerprint density at radius 1 is 1.22 bits per heavy atom. The third kappa shape index (κ3) is 5.35. The second-order valence-electron chi connectivity index (χ2n) is 8.21. The van der Waals surface area contributed by atoms with Gasteiger partial charge < -0.3 is 5.73 Å². The van der Waals surface area contributed by atoms with Crippen molar-refractivity contribution in [2.45, 2.75) is 58.9 Å². The minimum Gasteiger partial charge on any atom is -0.369 e. The van der Waals surface area contributed by atoms with Crippen LogP contribution in [0.25, 0.3) is 0 Å². The van der Waals surface area contributed by atoms with Gasteiger partial charge in [-0.2, -0.15) is 0 Å². The summed E-state index contributed by atoms with van der Waals surface area (Å²) in [6.07, 6.45) is 3.30. The Bertz CT molecular complexity index is 507. The molecule has 1 heterocycles. The fourth-order valence-electron chi connectivity index (χ4n) is 3.36. The Morgan fingerprint density at radius 2 is 1.78 bits per heavy atom. The Morgan fingerprint density at radius 3 is 2.26 bits per heavy atom. The van der Waals surface area contributed by atoms with E-state index >= 15 is 0 Å². The van der Waals surface area contributed by atoms with E-state index in [0.717, 1.165) is 26.1 Å². The van der Waals surface area contributed by atoms with E-state index in [1.807, 2.05) is 6.92 Å². The van der Waals surface area contributed by atoms with Gasteiger partial charge in [-0.1, -0.05) is 52.0 Å². The summed E-state index contributed by atoms with van der Waals surface area (Å²) in [5.41, 5.74) is 8.37. The first-order valence-corrected chi connectivity index (χ1v) is 8.87. The molecular formula is C20H32N2O. The number of benzene rings is 1. The lowest BCUT2D eigenvalue weighted by atomic mass is 9.86. The van der Waals surface area contributed by atoms with E-state index in [4.69, 9.17) is 5.73 Å². The summed E-state index contributed by atoms with van der Waals surface area (Å²) in [4.78, 5) is 13.7. The number of primary amides is 1. The molecule has 1 aromatic carbocycles. The molecule has 23 heavy (non-hydrogen) atoms. The third-order valence-corrected chi connectivity index (χ3v) is 5.11. The fourth-order valence-corrected chi connectivity index (χ4v) is 3.36. The highest BCUT2D eigenvalue weighted by Crippen LogP contribution is 2.26. The lowest BCUT2D eigenvalue weighted by Gasteiger charge is -2.33. The molecule has 1 aliphatic rings. The van der Waals surface area contributed by atoms with Crippen molar-refractivity contribution >= 4 is 5.91 Å². The van der Waals surface area contributed by atoms with Crippen LogP contribution in [0, 0.1) is 11.8 Å². The Kier molecular flexibility index (Phi) is 5.85. The topological polar surface area (TPSA) is 46.3 Å². The largest absolute Gasteiger partial charge is 0.369 e. The standard InChI is InChI=1S/C20H32N2O/c1-15(19(21)23)13-16-9-11-22(12-10-16)14-17-5-7-18(8-6-17)20(2,3)4/h5-8,15-16H,9-14H2,1-4H3,(H2,21,23). The predicted octanol–water partition coefficient (Wildman–Crippen LogP) is 3.71. The molecule has 0 aliphatic carbocycles. The van der Waals surface area contributed by atoms with E-state index in [1.165, 1.54) is 24.0 Å². The van der Waals surface area contributed by atoms with Crippen LogP contribution in [-0.4, -0.2) is 23.9 Å². The second kappa shape index (κ2) is 7.48.